The van der Waals surface area contributed by atoms with Gasteiger partial charge in [-0.1, -0.05) is 18.9 Å². The number of carbonyl (C=O) groups is 1. The van der Waals surface area contributed by atoms with Crippen molar-refractivity contribution in [3.63, 3.8) is 0 Å². The van der Waals surface area contributed by atoms with E-state index in [1.807, 2.05) is 6.07 Å². The zero-order valence-electron chi connectivity index (χ0n) is 16.3. The Morgan fingerprint density at radius 3 is 2.54 bits per heavy atom. The van der Waals surface area contributed by atoms with E-state index in [2.05, 4.69) is 5.32 Å². The van der Waals surface area contributed by atoms with Gasteiger partial charge < -0.3 is 14.8 Å². The fourth-order valence-electron chi connectivity index (χ4n) is 3.16. The first kappa shape index (κ1) is 21.9. The zero-order valence-corrected chi connectivity index (χ0v) is 17.1. The number of alkyl carbamates (subject to hydrolysis) is 1. The van der Waals surface area contributed by atoms with Gasteiger partial charge in [0.25, 0.3) is 0 Å². The van der Waals surface area contributed by atoms with Gasteiger partial charge in [-0.15, -0.1) is 0 Å². The third-order valence-corrected chi connectivity index (χ3v) is 4.87. The second kappa shape index (κ2) is 8.34. The van der Waals surface area contributed by atoms with Gasteiger partial charge in [-0.3, -0.25) is 0 Å². The molecular weight excluding hydrogens is 384 g/mol. The number of nitrogens with zero attached hydrogens (tertiary/aromatic N) is 1. The number of amides is 1. The van der Waals surface area contributed by atoms with Gasteiger partial charge in [0.1, 0.15) is 24.0 Å². The maximum Gasteiger partial charge on any atom is 0.408 e. The molecule has 1 aromatic rings. The molecule has 0 aliphatic heterocycles. The van der Waals surface area contributed by atoms with Crippen LogP contribution in [0.5, 0.6) is 5.75 Å². The van der Waals surface area contributed by atoms with E-state index in [0.717, 1.165) is 30.4 Å². The molecule has 2 rings (SSSR count). The largest absolute Gasteiger partial charge is 0.490 e. The van der Waals surface area contributed by atoms with E-state index in [1.165, 1.54) is 6.07 Å². The Hall–Kier alpha value is -2.35. The van der Waals surface area contributed by atoms with Crippen LogP contribution in [0.25, 0.3) is 0 Å². The number of nitrogens with one attached hydrogen (secondary N) is 1. The second-order valence-corrected chi connectivity index (χ2v) is 9.36. The molecule has 1 fully saturated rings. The lowest BCUT2D eigenvalue weighted by atomic mass is 9.99. The molecule has 154 valence electrons. The normalized spacial score (nSPS) is 16.2. The molecular formula is C18H27N4O5S+. The summed E-state index contributed by atoms with van der Waals surface area (Å²) in [4.78, 5) is 12.2. The minimum Gasteiger partial charge on any atom is -0.490 e. The van der Waals surface area contributed by atoms with Crippen molar-refractivity contribution in [2.24, 2.45) is 5.14 Å². The van der Waals surface area contributed by atoms with E-state index >= 15 is 0 Å². The smallest absolute Gasteiger partial charge is 0.408 e. The minimum absolute atomic E-state index is 0.0712. The van der Waals surface area contributed by atoms with E-state index < -0.39 is 27.4 Å². The molecule has 1 aliphatic rings. The quantitative estimate of drug-likeness (QED) is 0.599. The first-order chi connectivity index (χ1) is 12.9. The van der Waals surface area contributed by atoms with Crippen molar-refractivity contribution in [3.05, 3.63) is 23.8 Å². The van der Waals surface area contributed by atoms with Gasteiger partial charge >= 0.3 is 16.3 Å². The van der Waals surface area contributed by atoms with Crippen LogP contribution in [0, 0.1) is 11.3 Å². The highest BCUT2D eigenvalue weighted by Gasteiger charge is 2.38. The molecule has 1 saturated carbocycles. The third kappa shape index (κ3) is 6.37. The molecule has 0 unspecified atom stereocenters. The van der Waals surface area contributed by atoms with Crippen molar-refractivity contribution in [1.82, 2.24) is 5.32 Å². The highest BCUT2D eigenvalue weighted by Crippen LogP contribution is 2.32. The fourth-order valence-corrected chi connectivity index (χ4v) is 3.71. The van der Waals surface area contributed by atoms with Crippen LogP contribution in [-0.2, 0) is 14.9 Å². The SMILES string of the molecule is CC(C)(C)OC(=O)NC1(COc2cccc([NH2+]S(N)(=O)=O)c2C#N)CCCC1. The Labute approximate surface area is 165 Å². The number of nitriles is 1. The average molecular weight is 412 g/mol. The van der Waals surface area contributed by atoms with Gasteiger partial charge in [-0.05, 0) is 39.7 Å². The van der Waals surface area contributed by atoms with E-state index in [4.69, 9.17) is 14.6 Å². The monoisotopic (exact) mass is 411 g/mol. The predicted octanol–water partition coefficient (Wildman–Crippen LogP) is 1.17. The summed E-state index contributed by atoms with van der Waals surface area (Å²) in [5, 5.41) is 17.4. The molecule has 1 amide bonds. The number of carbonyl (C=O) groups excluding carboxylic acids is 1. The van der Waals surface area contributed by atoms with Crippen LogP contribution >= 0.6 is 0 Å². The topological polar surface area (TPSA) is 148 Å². The summed E-state index contributed by atoms with van der Waals surface area (Å²) < 4.78 is 34.7. The molecule has 0 atom stereocenters. The van der Waals surface area contributed by atoms with Gasteiger partial charge in [0.15, 0.2) is 11.3 Å². The zero-order chi connectivity index (χ0) is 21.0. The van der Waals surface area contributed by atoms with Crippen LogP contribution in [0.4, 0.5) is 10.5 Å². The van der Waals surface area contributed by atoms with E-state index in [9.17, 15) is 18.5 Å². The molecule has 0 bridgehead atoms. The molecule has 0 heterocycles. The molecule has 0 spiro atoms. The number of rotatable bonds is 6. The molecule has 0 aromatic heterocycles. The number of hydrogen-bond acceptors (Lipinski definition) is 6. The summed E-state index contributed by atoms with van der Waals surface area (Å²) in [7, 11) is -3.91. The number of nitrogens with two attached hydrogens (primary N) is 2. The summed E-state index contributed by atoms with van der Waals surface area (Å²) in [6.07, 6.45) is 2.79. The Morgan fingerprint density at radius 1 is 1.36 bits per heavy atom. The lowest BCUT2D eigenvalue weighted by Gasteiger charge is -2.31. The number of ether oxygens (including phenoxy) is 2. The van der Waals surface area contributed by atoms with Crippen molar-refractivity contribution in [2.75, 3.05) is 6.61 Å². The van der Waals surface area contributed by atoms with Gasteiger partial charge in [0.05, 0.1) is 5.54 Å². The van der Waals surface area contributed by atoms with Crippen molar-refractivity contribution < 1.29 is 27.4 Å². The standard InChI is InChI=1S/C18H26N4O5S/c1-17(2,3)27-16(23)21-18(9-4-5-10-18)12-26-15-8-6-7-14(13(15)11-19)22-28(20,24)25/h6-8,22H,4-5,9-10,12H2,1-3H3,(H,21,23)(H2,20,24,25)/p+1. The molecule has 1 aromatic carbocycles. The first-order valence-corrected chi connectivity index (χ1v) is 10.6. The average Bonchev–Trinajstić information content (AvgIpc) is 2.98. The minimum atomic E-state index is -3.91. The maximum atomic E-state index is 12.2. The number of hydrogen-bond donors (Lipinski definition) is 3. The van der Waals surface area contributed by atoms with Gasteiger partial charge in [0, 0.05) is 6.07 Å². The first-order valence-electron chi connectivity index (χ1n) is 8.98. The maximum absolute atomic E-state index is 12.2. The Kier molecular flexibility index (Phi) is 6.54. The van der Waals surface area contributed by atoms with Crippen LogP contribution in [0.15, 0.2) is 18.2 Å². The summed E-state index contributed by atoms with van der Waals surface area (Å²) >= 11 is 0. The van der Waals surface area contributed by atoms with Crippen LogP contribution < -0.4 is 19.9 Å². The molecule has 1 aliphatic carbocycles. The van der Waals surface area contributed by atoms with Gasteiger partial charge in [-0.2, -0.15) is 23.5 Å². The van der Waals surface area contributed by atoms with Crippen LogP contribution in [0.1, 0.15) is 52.0 Å². The van der Waals surface area contributed by atoms with Crippen LogP contribution in [-0.4, -0.2) is 32.3 Å². The molecule has 28 heavy (non-hydrogen) atoms. The molecule has 10 heteroatoms. The molecule has 0 radical (unpaired) electrons. The van der Waals surface area contributed by atoms with E-state index in [0.29, 0.717) is 0 Å². The molecule has 9 nitrogen and oxygen atoms in total. The highest BCUT2D eigenvalue weighted by molar-refractivity contribution is 7.82. The number of benzene rings is 1. The Balaban J connectivity index is 2.17. The third-order valence-electron chi connectivity index (χ3n) is 4.29. The van der Waals surface area contributed by atoms with Gasteiger partial charge in [-0.25, -0.2) is 4.79 Å². The van der Waals surface area contributed by atoms with Gasteiger partial charge in [0.2, 0.25) is 0 Å². The van der Waals surface area contributed by atoms with E-state index in [1.54, 1.807) is 32.9 Å². The summed E-state index contributed by atoms with van der Waals surface area (Å²) in [6.45, 7) is 5.50. The summed E-state index contributed by atoms with van der Waals surface area (Å²) in [6, 6.07) is 6.59. The number of quaternary nitrogens is 1. The lowest BCUT2D eigenvalue weighted by molar-refractivity contribution is -0.397. The lowest BCUT2D eigenvalue weighted by Crippen LogP contribution is -2.84. The second-order valence-electron chi connectivity index (χ2n) is 7.94. The summed E-state index contributed by atoms with van der Waals surface area (Å²) in [5.74, 6) is 0.233. The van der Waals surface area contributed by atoms with Crippen molar-refractivity contribution >= 4 is 22.0 Å². The van der Waals surface area contributed by atoms with Crippen molar-refractivity contribution in [3.8, 4) is 11.8 Å². The Bertz CT molecular complexity index is 865. The summed E-state index contributed by atoms with van der Waals surface area (Å²) in [5.41, 5.74) is -0.990. The van der Waals surface area contributed by atoms with Crippen molar-refractivity contribution in [1.29, 1.82) is 5.26 Å². The molecule has 0 saturated heterocycles. The fraction of sp³-hybridized carbons (Fsp3) is 0.556. The predicted molar refractivity (Wildman–Crippen MR) is 102 cm³/mol. The highest BCUT2D eigenvalue weighted by atomic mass is 32.2. The van der Waals surface area contributed by atoms with E-state index in [-0.39, 0.29) is 23.6 Å². The molecule has 5 N–H and O–H groups in total. The van der Waals surface area contributed by atoms with Crippen LogP contribution in [0.3, 0.4) is 0 Å². The van der Waals surface area contributed by atoms with Crippen LogP contribution in [0.2, 0.25) is 0 Å². The Morgan fingerprint density at radius 2 is 2.00 bits per heavy atom. The van der Waals surface area contributed by atoms with Crippen molar-refractivity contribution in [2.45, 2.75) is 57.6 Å².